The van der Waals surface area contributed by atoms with Crippen LogP contribution < -0.4 is 10.6 Å². The summed E-state index contributed by atoms with van der Waals surface area (Å²) in [6, 6.07) is 2.83. The molecule has 0 aliphatic rings. The number of carboxylic acid groups (broad SMARTS) is 1. The molecule has 1 rings (SSSR count). The molecule has 1 aromatic rings. The highest BCUT2D eigenvalue weighted by atomic mass is 79.9. The van der Waals surface area contributed by atoms with Crippen molar-refractivity contribution in [3.8, 4) is 0 Å². The molecule has 0 saturated heterocycles. The first-order valence-corrected chi connectivity index (χ1v) is 5.39. The molecule has 7 heteroatoms. The first-order valence-electron chi connectivity index (χ1n) is 4.60. The van der Waals surface area contributed by atoms with Gasteiger partial charge in [0.05, 0.1) is 0 Å². The summed E-state index contributed by atoms with van der Waals surface area (Å²) in [7, 11) is 0. The van der Waals surface area contributed by atoms with Crippen molar-refractivity contribution in [2.75, 3.05) is 11.9 Å². The Balaban J connectivity index is 2.18. The number of carbonyl (C=O) groups is 2. The minimum absolute atomic E-state index is 0.0343. The zero-order valence-electron chi connectivity index (χ0n) is 8.33. The Morgan fingerprint density at radius 2 is 2.19 bits per heavy atom. The van der Waals surface area contributed by atoms with Gasteiger partial charge in [-0.3, -0.25) is 10.1 Å². The van der Waals surface area contributed by atoms with Crippen LogP contribution in [0.1, 0.15) is 12.8 Å². The molecular formula is C9H11BrN2O4. The fraction of sp³-hybridized carbons (Fsp3) is 0.333. The normalized spacial score (nSPS) is 9.81. The van der Waals surface area contributed by atoms with E-state index in [0.717, 1.165) is 0 Å². The molecule has 2 amide bonds. The molecule has 3 N–H and O–H groups in total. The molecule has 1 heterocycles. The first-order chi connectivity index (χ1) is 7.58. The van der Waals surface area contributed by atoms with Gasteiger partial charge in [0.15, 0.2) is 4.67 Å². The third kappa shape index (κ3) is 4.83. The lowest BCUT2D eigenvalue weighted by Crippen LogP contribution is -2.29. The van der Waals surface area contributed by atoms with Crippen molar-refractivity contribution in [1.29, 1.82) is 0 Å². The van der Waals surface area contributed by atoms with E-state index in [-0.39, 0.29) is 6.42 Å². The molecule has 6 nitrogen and oxygen atoms in total. The van der Waals surface area contributed by atoms with E-state index >= 15 is 0 Å². The molecule has 0 aromatic carbocycles. The van der Waals surface area contributed by atoms with E-state index in [9.17, 15) is 9.59 Å². The maximum Gasteiger partial charge on any atom is 0.321 e. The quantitative estimate of drug-likeness (QED) is 0.724. The third-order valence-electron chi connectivity index (χ3n) is 1.66. The Bertz CT molecular complexity index is 377. The molecule has 0 aliphatic heterocycles. The number of nitrogens with one attached hydrogen (secondary N) is 2. The van der Waals surface area contributed by atoms with E-state index in [2.05, 4.69) is 26.6 Å². The summed E-state index contributed by atoms with van der Waals surface area (Å²) in [5.41, 5.74) is 0. The van der Waals surface area contributed by atoms with Gasteiger partial charge >= 0.3 is 12.0 Å². The van der Waals surface area contributed by atoms with Crippen LogP contribution in [-0.4, -0.2) is 23.7 Å². The van der Waals surface area contributed by atoms with Crippen LogP contribution in [-0.2, 0) is 4.79 Å². The van der Waals surface area contributed by atoms with Crippen LogP contribution in [0.5, 0.6) is 0 Å². The van der Waals surface area contributed by atoms with E-state index in [1.807, 2.05) is 0 Å². The lowest BCUT2D eigenvalue weighted by molar-refractivity contribution is -0.137. The van der Waals surface area contributed by atoms with Gasteiger partial charge in [0.2, 0.25) is 5.88 Å². The molecule has 0 bridgehead atoms. The van der Waals surface area contributed by atoms with Crippen molar-refractivity contribution in [3.63, 3.8) is 0 Å². The highest BCUT2D eigenvalue weighted by Gasteiger charge is 2.04. The second-order valence-corrected chi connectivity index (χ2v) is 3.76. The second kappa shape index (κ2) is 6.16. The van der Waals surface area contributed by atoms with Crippen LogP contribution >= 0.6 is 15.9 Å². The largest absolute Gasteiger partial charge is 0.481 e. The molecule has 1 aromatic heterocycles. The van der Waals surface area contributed by atoms with Crippen molar-refractivity contribution in [2.45, 2.75) is 12.8 Å². The van der Waals surface area contributed by atoms with Gasteiger partial charge in [0.25, 0.3) is 0 Å². The predicted octanol–water partition coefficient (Wildman–Crippen LogP) is 2.03. The fourth-order valence-electron chi connectivity index (χ4n) is 0.979. The number of urea groups is 1. The maximum absolute atomic E-state index is 11.2. The summed E-state index contributed by atoms with van der Waals surface area (Å²) in [5, 5.41) is 13.3. The zero-order chi connectivity index (χ0) is 12.0. The number of aliphatic carboxylic acids is 1. The van der Waals surface area contributed by atoms with Gasteiger partial charge in [-0.25, -0.2) is 4.79 Å². The molecule has 0 unspecified atom stereocenters. The van der Waals surface area contributed by atoms with Crippen LogP contribution in [0, 0.1) is 0 Å². The summed E-state index contributed by atoms with van der Waals surface area (Å²) < 4.78 is 5.57. The summed E-state index contributed by atoms with van der Waals surface area (Å²) in [5.74, 6) is -0.556. The van der Waals surface area contributed by atoms with E-state index in [1.165, 1.54) is 0 Å². The Hall–Kier alpha value is -1.50. The number of hydrogen-bond acceptors (Lipinski definition) is 3. The van der Waals surface area contributed by atoms with Crippen LogP contribution in [0.25, 0.3) is 0 Å². The number of anilines is 1. The minimum Gasteiger partial charge on any atom is -0.481 e. The highest BCUT2D eigenvalue weighted by molar-refractivity contribution is 9.10. The van der Waals surface area contributed by atoms with E-state index in [1.54, 1.807) is 12.1 Å². The summed E-state index contributed by atoms with van der Waals surface area (Å²) >= 11 is 3.10. The molecule has 88 valence electrons. The summed E-state index contributed by atoms with van der Waals surface area (Å²) in [4.78, 5) is 21.4. The summed E-state index contributed by atoms with van der Waals surface area (Å²) in [6.07, 6.45) is 0.428. The smallest absolute Gasteiger partial charge is 0.321 e. The average molecular weight is 291 g/mol. The Kier molecular flexibility index (Phi) is 4.84. The first kappa shape index (κ1) is 12.6. The number of carbonyl (C=O) groups excluding carboxylic acids is 1. The number of halogens is 1. The molecule has 0 saturated carbocycles. The molecular weight excluding hydrogens is 280 g/mol. The monoisotopic (exact) mass is 290 g/mol. The van der Waals surface area contributed by atoms with E-state index < -0.39 is 12.0 Å². The van der Waals surface area contributed by atoms with Gasteiger partial charge < -0.3 is 14.8 Å². The highest BCUT2D eigenvalue weighted by Crippen LogP contribution is 2.17. The van der Waals surface area contributed by atoms with Crippen molar-refractivity contribution in [1.82, 2.24) is 5.32 Å². The van der Waals surface area contributed by atoms with Gasteiger partial charge in [-0.2, -0.15) is 0 Å². The predicted molar refractivity (Wildman–Crippen MR) is 60.3 cm³/mol. The number of rotatable bonds is 5. The van der Waals surface area contributed by atoms with Crippen molar-refractivity contribution < 1.29 is 19.1 Å². The number of hydrogen-bond donors (Lipinski definition) is 3. The molecule has 0 spiro atoms. The minimum atomic E-state index is -0.878. The van der Waals surface area contributed by atoms with Crippen molar-refractivity contribution in [3.05, 3.63) is 16.8 Å². The van der Waals surface area contributed by atoms with Gasteiger partial charge in [-0.15, -0.1) is 0 Å². The van der Waals surface area contributed by atoms with E-state index in [4.69, 9.17) is 9.52 Å². The average Bonchev–Trinajstić information content (AvgIpc) is 2.58. The molecule has 0 radical (unpaired) electrons. The lowest BCUT2D eigenvalue weighted by Gasteiger charge is -2.03. The van der Waals surface area contributed by atoms with Crippen molar-refractivity contribution in [2.24, 2.45) is 0 Å². The Labute approximate surface area is 100 Å². The number of carboxylic acids is 1. The van der Waals surface area contributed by atoms with Crippen LogP contribution in [0.15, 0.2) is 21.2 Å². The van der Waals surface area contributed by atoms with Crippen LogP contribution in [0.2, 0.25) is 0 Å². The van der Waals surface area contributed by atoms with Gasteiger partial charge in [0.1, 0.15) is 0 Å². The van der Waals surface area contributed by atoms with Gasteiger partial charge in [-0.05, 0) is 28.4 Å². The maximum atomic E-state index is 11.2. The Morgan fingerprint density at radius 1 is 1.44 bits per heavy atom. The zero-order valence-corrected chi connectivity index (χ0v) is 9.91. The van der Waals surface area contributed by atoms with Crippen molar-refractivity contribution >= 4 is 33.8 Å². The standard InChI is InChI=1S/C9H11BrN2O4/c10-6-3-4-7(16-6)12-9(15)11-5-1-2-8(13)14/h3-4H,1-2,5H2,(H,13,14)(H2,11,12,15). The summed E-state index contributed by atoms with van der Waals surface area (Å²) in [6.45, 7) is 0.306. The SMILES string of the molecule is O=C(O)CCCNC(=O)Nc1ccc(Br)o1. The van der Waals surface area contributed by atoms with Gasteiger partial charge in [0, 0.05) is 19.0 Å². The fourth-order valence-corrected chi connectivity index (χ4v) is 1.29. The second-order valence-electron chi connectivity index (χ2n) is 2.98. The molecule has 0 aliphatic carbocycles. The topological polar surface area (TPSA) is 91.6 Å². The van der Waals surface area contributed by atoms with Crippen LogP contribution in [0.4, 0.5) is 10.7 Å². The molecule has 0 atom stereocenters. The Morgan fingerprint density at radius 3 is 2.75 bits per heavy atom. The van der Waals surface area contributed by atoms with E-state index in [0.29, 0.717) is 23.5 Å². The van der Waals surface area contributed by atoms with Gasteiger partial charge in [-0.1, -0.05) is 0 Å². The lowest BCUT2D eigenvalue weighted by atomic mass is 10.3. The number of amides is 2. The third-order valence-corrected chi connectivity index (χ3v) is 2.09. The molecule has 16 heavy (non-hydrogen) atoms. The van der Waals surface area contributed by atoms with Crippen LogP contribution in [0.3, 0.4) is 0 Å². The molecule has 0 fully saturated rings. The number of furan rings is 1.